The van der Waals surface area contributed by atoms with E-state index in [1.54, 1.807) is 11.0 Å². The smallest absolute Gasteiger partial charge is 0.308 e. The average Bonchev–Trinajstić information content (AvgIpc) is 2.44. The lowest BCUT2D eigenvalue weighted by molar-refractivity contribution is -0.141. The fourth-order valence-electron chi connectivity index (χ4n) is 1.40. The van der Waals surface area contributed by atoms with Crippen LogP contribution in [-0.4, -0.2) is 35.0 Å². The van der Waals surface area contributed by atoms with Gasteiger partial charge in [0.15, 0.2) is 0 Å². The summed E-state index contributed by atoms with van der Waals surface area (Å²) in [6, 6.07) is 0. The molecule has 0 saturated carbocycles. The molecule has 0 aromatic rings. The van der Waals surface area contributed by atoms with E-state index in [4.69, 9.17) is 5.11 Å². The lowest BCUT2D eigenvalue weighted by Gasteiger charge is -2.13. The van der Waals surface area contributed by atoms with Gasteiger partial charge in [0, 0.05) is 19.5 Å². The lowest BCUT2D eigenvalue weighted by atomic mass is 10.1. The van der Waals surface area contributed by atoms with Crippen LogP contribution < -0.4 is 0 Å². The first-order chi connectivity index (χ1) is 6.15. The van der Waals surface area contributed by atoms with Crippen molar-refractivity contribution in [3.63, 3.8) is 0 Å². The molecule has 1 aliphatic heterocycles. The molecule has 0 radical (unpaired) electrons. The molecular formula is C9H13NO3. The van der Waals surface area contributed by atoms with Gasteiger partial charge in [0.1, 0.15) is 0 Å². The molecule has 0 aromatic carbocycles. The summed E-state index contributed by atoms with van der Waals surface area (Å²) >= 11 is 0. The molecule has 1 N–H and O–H groups in total. The van der Waals surface area contributed by atoms with E-state index in [0.717, 1.165) is 6.42 Å². The number of nitrogens with zero attached hydrogens (tertiary/aromatic N) is 1. The quantitative estimate of drug-likeness (QED) is 0.645. The van der Waals surface area contributed by atoms with Crippen molar-refractivity contribution in [2.24, 2.45) is 5.92 Å². The third kappa shape index (κ3) is 2.31. The molecule has 0 spiro atoms. The Morgan fingerprint density at radius 2 is 2.46 bits per heavy atom. The second-order valence-corrected chi connectivity index (χ2v) is 3.16. The average molecular weight is 183 g/mol. The Bertz CT molecular complexity index is 237. The second kappa shape index (κ2) is 4.07. The molecule has 1 amide bonds. The van der Waals surface area contributed by atoms with Gasteiger partial charge >= 0.3 is 5.97 Å². The first-order valence-corrected chi connectivity index (χ1v) is 4.26. The third-order valence-corrected chi connectivity index (χ3v) is 2.17. The van der Waals surface area contributed by atoms with E-state index in [1.807, 2.05) is 0 Å². The number of carboxylic acids is 1. The molecule has 1 fully saturated rings. The Kier molecular flexibility index (Phi) is 3.06. The number of amides is 1. The maximum absolute atomic E-state index is 11.2. The highest BCUT2D eigenvalue weighted by Gasteiger charge is 2.33. The SMILES string of the molecule is C=CCCN1CC(C(=O)O)CC1=O. The van der Waals surface area contributed by atoms with Gasteiger partial charge in [0.05, 0.1) is 5.92 Å². The van der Waals surface area contributed by atoms with E-state index in [2.05, 4.69) is 6.58 Å². The van der Waals surface area contributed by atoms with Crippen LogP contribution in [0.25, 0.3) is 0 Å². The molecule has 1 atom stereocenters. The summed E-state index contributed by atoms with van der Waals surface area (Å²) in [5.74, 6) is -1.46. The Balaban J connectivity index is 2.46. The number of carboxylic acid groups (broad SMARTS) is 1. The summed E-state index contributed by atoms with van der Waals surface area (Å²) in [6.07, 6.45) is 2.59. The van der Waals surface area contributed by atoms with Gasteiger partial charge in [-0.1, -0.05) is 6.08 Å². The van der Waals surface area contributed by atoms with Crippen molar-refractivity contribution < 1.29 is 14.7 Å². The second-order valence-electron chi connectivity index (χ2n) is 3.16. The van der Waals surface area contributed by atoms with Gasteiger partial charge in [-0.05, 0) is 6.42 Å². The molecule has 1 rings (SSSR count). The summed E-state index contributed by atoms with van der Waals surface area (Å²) in [6.45, 7) is 4.49. The monoisotopic (exact) mass is 183 g/mol. The Morgan fingerprint density at radius 3 is 2.92 bits per heavy atom. The zero-order valence-corrected chi connectivity index (χ0v) is 7.40. The lowest BCUT2D eigenvalue weighted by Crippen LogP contribution is -2.27. The summed E-state index contributed by atoms with van der Waals surface area (Å²) in [5.41, 5.74) is 0. The predicted molar refractivity (Wildman–Crippen MR) is 47.1 cm³/mol. The number of hydrogen-bond donors (Lipinski definition) is 1. The van der Waals surface area contributed by atoms with Crippen molar-refractivity contribution in [2.45, 2.75) is 12.8 Å². The van der Waals surface area contributed by atoms with Crippen LogP contribution in [0.2, 0.25) is 0 Å². The van der Waals surface area contributed by atoms with Crippen molar-refractivity contribution in [2.75, 3.05) is 13.1 Å². The van der Waals surface area contributed by atoms with Crippen molar-refractivity contribution >= 4 is 11.9 Å². The minimum absolute atomic E-state index is 0.0609. The van der Waals surface area contributed by atoms with Gasteiger partial charge in [-0.3, -0.25) is 9.59 Å². The molecule has 1 saturated heterocycles. The molecule has 72 valence electrons. The maximum atomic E-state index is 11.2. The van der Waals surface area contributed by atoms with Crippen LogP contribution in [0, 0.1) is 5.92 Å². The topological polar surface area (TPSA) is 57.6 Å². The normalized spacial score (nSPS) is 22.0. The zero-order chi connectivity index (χ0) is 9.84. The third-order valence-electron chi connectivity index (χ3n) is 2.17. The molecular weight excluding hydrogens is 170 g/mol. The fourth-order valence-corrected chi connectivity index (χ4v) is 1.40. The van der Waals surface area contributed by atoms with Crippen molar-refractivity contribution in [3.8, 4) is 0 Å². The van der Waals surface area contributed by atoms with Crippen molar-refractivity contribution in [3.05, 3.63) is 12.7 Å². The van der Waals surface area contributed by atoms with Crippen LogP contribution in [0.15, 0.2) is 12.7 Å². The highest BCUT2D eigenvalue weighted by Crippen LogP contribution is 2.17. The van der Waals surface area contributed by atoms with E-state index in [0.29, 0.717) is 13.1 Å². The fraction of sp³-hybridized carbons (Fsp3) is 0.556. The first kappa shape index (κ1) is 9.77. The number of hydrogen-bond acceptors (Lipinski definition) is 2. The van der Waals surface area contributed by atoms with E-state index in [-0.39, 0.29) is 12.3 Å². The van der Waals surface area contributed by atoms with E-state index < -0.39 is 11.9 Å². The molecule has 4 heteroatoms. The molecule has 1 heterocycles. The maximum Gasteiger partial charge on any atom is 0.308 e. The number of rotatable bonds is 4. The minimum atomic E-state index is -0.880. The van der Waals surface area contributed by atoms with Gasteiger partial charge < -0.3 is 10.0 Å². The largest absolute Gasteiger partial charge is 0.481 e. The standard InChI is InChI=1S/C9H13NO3/c1-2-3-4-10-6-7(9(12)13)5-8(10)11/h2,7H,1,3-6H2,(H,12,13). The zero-order valence-electron chi connectivity index (χ0n) is 7.40. The molecule has 0 aliphatic carbocycles. The highest BCUT2D eigenvalue weighted by molar-refractivity contribution is 5.86. The molecule has 0 aromatic heterocycles. The van der Waals surface area contributed by atoms with Crippen LogP contribution in [0.4, 0.5) is 0 Å². The summed E-state index contributed by atoms with van der Waals surface area (Å²) < 4.78 is 0. The van der Waals surface area contributed by atoms with Crippen LogP contribution in [-0.2, 0) is 9.59 Å². The molecule has 1 aliphatic rings. The number of likely N-dealkylation sites (tertiary alicyclic amines) is 1. The molecule has 13 heavy (non-hydrogen) atoms. The van der Waals surface area contributed by atoms with Crippen LogP contribution >= 0.6 is 0 Å². The molecule has 4 nitrogen and oxygen atoms in total. The Labute approximate surface area is 76.8 Å². The van der Waals surface area contributed by atoms with Gasteiger partial charge in [-0.15, -0.1) is 6.58 Å². The summed E-state index contributed by atoms with van der Waals surface area (Å²) in [5, 5.41) is 8.68. The van der Waals surface area contributed by atoms with Crippen molar-refractivity contribution in [1.82, 2.24) is 4.90 Å². The highest BCUT2D eigenvalue weighted by atomic mass is 16.4. The molecule has 0 bridgehead atoms. The Morgan fingerprint density at radius 1 is 1.77 bits per heavy atom. The first-order valence-electron chi connectivity index (χ1n) is 4.26. The van der Waals surface area contributed by atoms with Gasteiger partial charge in [0.2, 0.25) is 5.91 Å². The Hall–Kier alpha value is -1.32. The van der Waals surface area contributed by atoms with E-state index >= 15 is 0 Å². The molecule has 1 unspecified atom stereocenters. The van der Waals surface area contributed by atoms with Crippen LogP contribution in [0.1, 0.15) is 12.8 Å². The van der Waals surface area contributed by atoms with E-state index in [1.165, 1.54) is 0 Å². The van der Waals surface area contributed by atoms with Crippen molar-refractivity contribution in [1.29, 1.82) is 0 Å². The van der Waals surface area contributed by atoms with Gasteiger partial charge in [-0.25, -0.2) is 0 Å². The number of aliphatic carboxylic acids is 1. The van der Waals surface area contributed by atoms with E-state index in [9.17, 15) is 9.59 Å². The van der Waals surface area contributed by atoms with Gasteiger partial charge in [0.25, 0.3) is 0 Å². The van der Waals surface area contributed by atoms with Gasteiger partial charge in [-0.2, -0.15) is 0 Å². The summed E-state index contributed by atoms with van der Waals surface area (Å²) in [4.78, 5) is 23.4. The van der Waals surface area contributed by atoms with Crippen LogP contribution in [0.3, 0.4) is 0 Å². The number of carbonyl (C=O) groups is 2. The number of carbonyl (C=O) groups excluding carboxylic acids is 1. The summed E-state index contributed by atoms with van der Waals surface area (Å²) in [7, 11) is 0. The minimum Gasteiger partial charge on any atom is -0.481 e. The van der Waals surface area contributed by atoms with Crippen LogP contribution in [0.5, 0.6) is 0 Å². The predicted octanol–water partition coefficient (Wildman–Crippen LogP) is 0.496.